The lowest BCUT2D eigenvalue weighted by Gasteiger charge is -2.49. The van der Waals surface area contributed by atoms with Gasteiger partial charge in [0.25, 0.3) is 0 Å². The van der Waals surface area contributed by atoms with Gasteiger partial charge in [0, 0.05) is 19.5 Å². The van der Waals surface area contributed by atoms with E-state index in [1.165, 1.54) is 25.9 Å². The quantitative estimate of drug-likeness (QED) is 0.533. The molecule has 154 valence electrons. The van der Waals surface area contributed by atoms with Gasteiger partial charge in [-0.2, -0.15) is 0 Å². The van der Waals surface area contributed by atoms with Crippen LogP contribution >= 0.6 is 0 Å². The summed E-state index contributed by atoms with van der Waals surface area (Å²) in [7, 11) is 1.22. The van der Waals surface area contributed by atoms with Crippen LogP contribution in [0.1, 0.15) is 13.8 Å². The standard InChI is InChI=1S/C20H21NO8/c1-10(22)27-17-15-13-14(19(25)26-3)16(17)29-20(15,28-11(2)23)9-21(18(13)24)12-7-5-4-6-8-12/h4-8,13-17H,9H2,1-3H3. The van der Waals surface area contributed by atoms with Crippen molar-refractivity contribution in [3.63, 3.8) is 0 Å². The minimum absolute atomic E-state index is 0.0707. The molecule has 2 aliphatic heterocycles. The van der Waals surface area contributed by atoms with Crippen LogP contribution in [-0.4, -0.2) is 55.5 Å². The number of ether oxygens (including phenoxy) is 4. The van der Waals surface area contributed by atoms with Gasteiger partial charge in [0.1, 0.15) is 12.2 Å². The molecule has 6 unspecified atom stereocenters. The Labute approximate surface area is 166 Å². The predicted octanol–water partition coefficient (Wildman–Crippen LogP) is 0.658. The molecule has 2 heterocycles. The molecule has 29 heavy (non-hydrogen) atoms. The van der Waals surface area contributed by atoms with Gasteiger partial charge in [-0.15, -0.1) is 0 Å². The lowest BCUT2D eigenvalue weighted by atomic mass is 9.77. The van der Waals surface area contributed by atoms with Crippen LogP contribution in [0.4, 0.5) is 5.69 Å². The number of nitrogens with zero attached hydrogens (tertiary/aromatic N) is 1. The molecule has 9 heteroatoms. The van der Waals surface area contributed by atoms with E-state index in [-0.39, 0.29) is 12.5 Å². The van der Waals surface area contributed by atoms with Crippen LogP contribution in [0.15, 0.2) is 30.3 Å². The van der Waals surface area contributed by atoms with Crippen molar-refractivity contribution in [3.8, 4) is 0 Å². The third-order valence-electron chi connectivity index (χ3n) is 5.74. The summed E-state index contributed by atoms with van der Waals surface area (Å²) in [4.78, 5) is 51.0. The molecule has 4 rings (SSSR count). The van der Waals surface area contributed by atoms with Crippen LogP contribution in [0.25, 0.3) is 0 Å². The Hall–Kier alpha value is -2.94. The second-order valence-corrected chi connectivity index (χ2v) is 7.42. The number of carbonyl (C=O) groups excluding carboxylic acids is 4. The zero-order valence-electron chi connectivity index (χ0n) is 16.2. The van der Waals surface area contributed by atoms with E-state index in [4.69, 9.17) is 18.9 Å². The lowest BCUT2D eigenvalue weighted by molar-refractivity contribution is -0.268. The fourth-order valence-corrected chi connectivity index (χ4v) is 4.88. The van der Waals surface area contributed by atoms with Gasteiger partial charge in [0.05, 0.1) is 31.4 Å². The van der Waals surface area contributed by atoms with Crippen LogP contribution in [0.2, 0.25) is 0 Å². The second kappa shape index (κ2) is 6.84. The number of para-hydroxylation sites is 1. The van der Waals surface area contributed by atoms with E-state index in [9.17, 15) is 19.2 Å². The van der Waals surface area contributed by atoms with E-state index in [0.29, 0.717) is 5.69 Å². The monoisotopic (exact) mass is 403 g/mol. The first-order chi connectivity index (χ1) is 13.8. The maximum absolute atomic E-state index is 13.4. The zero-order chi connectivity index (χ0) is 20.9. The van der Waals surface area contributed by atoms with Crippen LogP contribution in [0.3, 0.4) is 0 Å². The number of methoxy groups -OCH3 is 1. The number of hydrogen-bond donors (Lipinski definition) is 0. The number of piperidine rings is 1. The maximum atomic E-state index is 13.4. The van der Waals surface area contributed by atoms with Crippen molar-refractivity contribution in [1.29, 1.82) is 0 Å². The molecule has 1 amide bonds. The van der Waals surface area contributed by atoms with Crippen molar-refractivity contribution in [2.75, 3.05) is 18.6 Å². The molecular formula is C20H21NO8. The molecule has 2 saturated heterocycles. The van der Waals surface area contributed by atoms with Crippen LogP contribution in [0.5, 0.6) is 0 Å². The van der Waals surface area contributed by atoms with E-state index in [2.05, 4.69) is 0 Å². The SMILES string of the molecule is COC(=O)C1C2OC3(OC(C)=O)CN(c4ccccc4)C(=O)C1C3C2OC(C)=O. The summed E-state index contributed by atoms with van der Waals surface area (Å²) in [6.07, 6.45) is -1.84. The number of anilines is 1. The van der Waals surface area contributed by atoms with Crippen molar-refractivity contribution >= 4 is 29.5 Å². The summed E-state index contributed by atoms with van der Waals surface area (Å²) in [5, 5.41) is 0. The Kier molecular flexibility index (Phi) is 4.57. The number of hydrogen-bond acceptors (Lipinski definition) is 8. The molecule has 0 radical (unpaired) electrons. The maximum Gasteiger partial charge on any atom is 0.312 e. The summed E-state index contributed by atoms with van der Waals surface area (Å²) in [5.41, 5.74) is 0.578. The van der Waals surface area contributed by atoms with Crippen molar-refractivity contribution in [3.05, 3.63) is 30.3 Å². The van der Waals surface area contributed by atoms with Gasteiger partial charge in [-0.1, -0.05) is 18.2 Å². The summed E-state index contributed by atoms with van der Waals surface area (Å²) in [6, 6.07) is 8.82. The summed E-state index contributed by atoms with van der Waals surface area (Å²) >= 11 is 0. The number of carbonyl (C=O) groups is 4. The van der Waals surface area contributed by atoms with Gasteiger partial charge < -0.3 is 23.8 Å². The van der Waals surface area contributed by atoms with Gasteiger partial charge >= 0.3 is 17.9 Å². The highest BCUT2D eigenvalue weighted by molar-refractivity contribution is 6.00. The smallest absolute Gasteiger partial charge is 0.312 e. The molecular weight excluding hydrogens is 382 g/mol. The van der Waals surface area contributed by atoms with Crippen molar-refractivity contribution in [2.24, 2.45) is 17.8 Å². The highest BCUT2D eigenvalue weighted by atomic mass is 16.7. The Morgan fingerprint density at radius 3 is 2.41 bits per heavy atom. The zero-order valence-corrected chi connectivity index (χ0v) is 16.2. The Bertz CT molecular complexity index is 870. The molecule has 3 fully saturated rings. The lowest BCUT2D eigenvalue weighted by Crippen LogP contribution is -2.66. The molecule has 6 atom stereocenters. The van der Waals surface area contributed by atoms with Crippen LogP contribution in [-0.2, 0) is 38.1 Å². The molecule has 1 saturated carbocycles. The van der Waals surface area contributed by atoms with E-state index in [1.54, 1.807) is 24.3 Å². The van der Waals surface area contributed by atoms with Crippen molar-refractivity contribution < 1.29 is 38.1 Å². The molecule has 1 aliphatic carbocycles. The van der Waals surface area contributed by atoms with Gasteiger partial charge in [0.2, 0.25) is 11.7 Å². The molecule has 0 N–H and O–H groups in total. The van der Waals surface area contributed by atoms with Gasteiger partial charge in [-0.3, -0.25) is 19.2 Å². The minimum atomic E-state index is -1.52. The van der Waals surface area contributed by atoms with Crippen molar-refractivity contribution in [1.82, 2.24) is 0 Å². The number of esters is 3. The molecule has 9 nitrogen and oxygen atoms in total. The first kappa shape index (κ1) is 19.4. The Morgan fingerprint density at radius 2 is 1.83 bits per heavy atom. The van der Waals surface area contributed by atoms with Gasteiger partial charge in [0.15, 0.2) is 0 Å². The first-order valence-electron chi connectivity index (χ1n) is 9.28. The van der Waals surface area contributed by atoms with E-state index in [1.807, 2.05) is 6.07 Å². The van der Waals surface area contributed by atoms with E-state index in [0.717, 1.165) is 0 Å². The molecule has 0 aromatic heterocycles. The third kappa shape index (κ3) is 2.88. The molecule has 3 aliphatic rings. The largest absolute Gasteiger partial charge is 0.469 e. The fraction of sp³-hybridized carbons (Fsp3) is 0.500. The highest BCUT2D eigenvalue weighted by Gasteiger charge is 2.77. The Morgan fingerprint density at radius 1 is 1.14 bits per heavy atom. The fourth-order valence-electron chi connectivity index (χ4n) is 4.88. The Balaban J connectivity index is 1.82. The van der Waals surface area contributed by atoms with Crippen LogP contribution < -0.4 is 4.90 Å². The predicted molar refractivity (Wildman–Crippen MR) is 96.2 cm³/mol. The molecule has 1 aromatic rings. The van der Waals surface area contributed by atoms with Gasteiger partial charge in [-0.25, -0.2) is 0 Å². The minimum Gasteiger partial charge on any atom is -0.469 e. The average molecular weight is 403 g/mol. The first-order valence-corrected chi connectivity index (χ1v) is 9.28. The van der Waals surface area contributed by atoms with Crippen molar-refractivity contribution in [2.45, 2.75) is 31.8 Å². The third-order valence-corrected chi connectivity index (χ3v) is 5.74. The summed E-state index contributed by atoms with van der Waals surface area (Å²) in [6.45, 7) is 2.40. The molecule has 2 bridgehead atoms. The number of fused-ring (bicyclic) bond motifs is 1. The highest BCUT2D eigenvalue weighted by Crippen LogP contribution is 2.59. The number of amides is 1. The van der Waals surface area contributed by atoms with E-state index >= 15 is 0 Å². The summed E-state index contributed by atoms with van der Waals surface area (Å²) < 4.78 is 22.0. The van der Waals surface area contributed by atoms with Gasteiger partial charge in [-0.05, 0) is 12.1 Å². The number of rotatable bonds is 4. The number of benzene rings is 1. The normalized spacial score (nSPS) is 34.7. The topological polar surface area (TPSA) is 108 Å². The second-order valence-electron chi connectivity index (χ2n) is 7.42. The molecule has 0 spiro atoms. The molecule has 1 aromatic carbocycles. The summed E-state index contributed by atoms with van der Waals surface area (Å²) in [5.74, 6) is -6.37. The van der Waals surface area contributed by atoms with Crippen LogP contribution in [0, 0.1) is 17.8 Å². The van der Waals surface area contributed by atoms with E-state index < -0.39 is 53.7 Å². The average Bonchev–Trinajstić information content (AvgIpc) is 3.14.